The maximum Gasteiger partial charge on any atom is 0.360 e. The fourth-order valence-corrected chi connectivity index (χ4v) is 3.31. The van der Waals surface area contributed by atoms with Crippen LogP contribution in [-0.4, -0.2) is 37.7 Å². The van der Waals surface area contributed by atoms with Crippen LogP contribution >= 0.6 is 0 Å². The number of hydrogen-bond donors (Lipinski definition) is 0. The quantitative estimate of drug-likeness (QED) is 0.590. The number of Topliss-reactive ketones (excluding diaryl/α,β-unsaturated/α-hetero) is 1. The molecule has 0 amide bonds. The maximum atomic E-state index is 12.4. The first-order valence-corrected chi connectivity index (χ1v) is 8.76. The van der Waals surface area contributed by atoms with Crippen molar-refractivity contribution in [1.29, 1.82) is 0 Å². The van der Waals surface area contributed by atoms with Gasteiger partial charge in [0.2, 0.25) is 0 Å². The molecule has 0 atom stereocenters. The first-order chi connectivity index (χ1) is 12.9. The molecular weight excluding hydrogens is 346 g/mol. The SMILES string of the molecule is COCOc1ccc(-c2ccc3c(c2)C(=O)CCC3(C)C)nc1C(=O)OC. The Labute approximate surface area is 158 Å². The molecule has 0 bridgehead atoms. The van der Waals surface area contributed by atoms with Crippen molar-refractivity contribution >= 4 is 11.8 Å². The second-order valence-corrected chi connectivity index (χ2v) is 7.15. The minimum Gasteiger partial charge on any atom is -0.465 e. The van der Waals surface area contributed by atoms with Gasteiger partial charge in [-0.1, -0.05) is 26.0 Å². The maximum absolute atomic E-state index is 12.4. The summed E-state index contributed by atoms with van der Waals surface area (Å²) in [5, 5.41) is 0. The molecule has 1 heterocycles. The van der Waals surface area contributed by atoms with Crippen molar-refractivity contribution in [3.05, 3.63) is 47.2 Å². The van der Waals surface area contributed by atoms with Crippen LogP contribution in [0.25, 0.3) is 11.3 Å². The molecule has 0 radical (unpaired) electrons. The Kier molecular flexibility index (Phi) is 5.28. The Morgan fingerprint density at radius 2 is 1.96 bits per heavy atom. The van der Waals surface area contributed by atoms with Crippen LogP contribution < -0.4 is 4.74 Å². The molecule has 3 rings (SSSR count). The molecular formula is C21H23NO5. The summed E-state index contributed by atoms with van der Waals surface area (Å²) in [4.78, 5) is 28.9. The molecule has 0 spiro atoms. The van der Waals surface area contributed by atoms with Crippen LogP contribution in [0.1, 0.15) is 53.1 Å². The van der Waals surface area contributed by atoms with E-state index in [1.807, 2.05) is 18.2 Å². The number of aromatic nitrogens is 1. The highest BCUT2D eigenvalue weighted by atomic mass is 16.7. The highest BCUT2D eigenvalue weighted by Gasteiger charge is 2.31. The van der Waals surface area contributed by atoms with Gasteiger partial charge in [-0.3, -0.25) is 4.79 Å². The molecule has 1 aromatic carbocycles. The minimum absolute atomic E-state index is 0.00650. The zero-order chi connectivity index (χ0) is 19.6. The summed E-state index contributed by atoms with van der Waals surface area (Å²) in [6.45, 7) is 4.29. The van der Waals surface area contributed by atoms with Crippen LogP contribution in [0.2, 0.25) is 0 Å². The van der Waals surface area contributed by atoms with E-state index in [-0.39, 0.29) is 29.4 Å². The van der Waals surface area contributed by atoms with E-state index < -0.39 is 5.97 Å². The fraction of sp³-hybridized carbons (Fsp3) is 0.381. The summed E-state index contributed by atoms with van der Waals surface area (Å²) in [6.07, 6.45) is 1.38. The standard InChI is InChI=1S/C21H23NO5/c1-21(2)10-9-17(23)14-11-13(5-6-15(14)21)16-7-8-18(27-12-25-3)19(22-16)20(24)26-4/h5-8,11H,9-10,12H2,1-4H3. The number of esters is 1. The predicted octanol–water partition coefficient (Wildman–Crippen LogP) is 3.77. The molecule has 6 nitrogen and oxygen atoms in total. The Morgan fingerprint density at radius 3 is 2.67 bits per heavy atom. The molecule has 142 valence electrons. The molecule has 1 aromatic heterocycles. The minimum atomic E-state index is -0.599. The number of ether oxygens (including phenoxy) is 3. The lowest BCUT2D eigenvalue weighted by molar-refractivity contribution is 0.0458. The number of ketones is 1. The van der Waals surface area contributed by atoms with E-state index in [2.05, 4.69) is 18.8 Å². The highest BCUT2D eigenvalue weighted by molar-refractivity contribution is 6.00. The van der Waals surface area contributed by atoms with E-state index in [9.17, 15) is 9.59 Å². The van der Waals surface area contributed by atoms with Gasteiger partial charge in [0, 0.05) is 24.7 Å². The van der Waals surface area contributed by atoms with Crippen LogP contribution in [0.15, 0.2) is 30.3 Å². The molecule has 0 aliphatic heterocycles. The second kappa shape index (κ2) is 7.48. The van der Waals surface area contributed by atoms with Crippen molar-refractivity contribution in [2.75, 3.05) is 21.0 Å². The summed E-state index contributed by atoms with van der Waals surface area (Å²) >= 11 is 0. The normalized spacial score (nSPS) is 15.2. The van der Waals surface area contributed by atoms with Crippen molar-refractivity contribution in [2.45, 2.75) is 32.1 Å². The number of rotatable bonds is 5. The zero-order valence-electron chi connectivity index (χ0n) is 16.0. The number of benzene rings is 1. The van der Waals surface area contributed by atoms with Gasteiger partial charge >= 0.3 is 5.97 Å². The molecule has 0 saturated heterocycles. The lowest BCUT2D eigenvalue weighted by Gasteiger charge is -2.31. The van der Waals surface area contributed by atoms with Gasteiger partial charge in [-0.15, -0.1) is 0 Å². The number of methoxy groups -OCH3 is 2. The zero-order valence-corrected chi connectivity index (χ0v) is 16.0. The Balaban J connectivity index is 2.05. The predicted molar refractivity (Wildman–Crippen MR) is 100 cm³/mol. The van der Waals surface area contributed by atoms with E-state index in [0.717, 1.165) is 23.1 Å². The van der Waals surface area contributed by atoms with Crippen molar-refractivity contribution in [2.24, 2.45) is 0 Å². The van der Waals surface area contributed by atoms with Crippen LogP contribution in [0.3, 0.4) is 0 Å². The van der Waals surface area contributed by atoms with Gasteiger partial charge < -0.3 is 14.2 Å². The molecule has 0 fully saturated rings. The average molecular weight is 369 g/mol. The second-order valence-electron chi connectivity index (χ2n) is 7.15. The third-order valence-electron chi connectivity index (χ3n) is 4.89. The van der Waals surface area contributed by atoms with Gasteiger partial charge in [0.15, 0.2) is 24.0 Å². The van der Waals surface area contributed by atoms with E-state index in [1.54, 1.807) is 12.1 Å². The average Bonchev–Trinajstić information content (AvgIpc) is 2.68. The molecule has 0 unspecified atom stereocenters. The first kappa shape index (κ1) is 19.0. The van der Waals surface area contributed by atoms with Gasteiger partial charge in [-0.25, -0.2) is 9.78 Å². The largest absolute Gasteiger partial charge is 0.465 e. The summed E-state index contributed by atoms with van der Waals surface area (Å²) in [6, 6.07) is 9.17. The Hall–Kier alpha value is -2.73. The molecule has 27 heavy (non-hydrogen) atoms. The topological polar surface area (TPSA) is 74.7 Å². The number of carbonyl (C=O) groups excluding carboxylic acids is 2. The van der Waals surface area contributed by atoms with Crippen molar-refractivity contribution in [3.63, 3.8) is 0 Å². The van der Waals surface area contributed by atoms with E-state index in [4.69, 9.17) is 14.2 Å². The lowest BCUT2D eigenvalue weighted by Crippen LogP contribution is -2.27. The van der Waals surface area contributed by atoms with E-state index in [1.165, 1.54) is 14.2 Å². The fourth-order valence-electron chi connectivity index (χ4n) is 3.31. The van der Waals surface area contributed by atoms with E-state index in [0.29, 0.717) is 12.1 Å². The summed E-state index contributed by atoms with van der Waals surface area (Å²) in [7, 11) is 2.78. The molecule has 1 aliphatic carbocycles. The third-order valence-corrected chi connectivity index (χ3v) is 4.89. The summed E-state index contributed by atoms with van der Waals surface area (Å²) < 4.78 is 15.1. The van der Waals surface area contributed by atoms with Crippen molar-refractivity contribution in [1.82, 2.24) is 4.98 Å². The third kappa shape index (κ3) is 3.71. The lowest BCUT2D eigenvalue weighted by atomic mass is 9.72. The molecule has 0 saturated carbocycles. The van der Waals surface area contributed by atoms with Gasteiger partial charge in [0.25, 0.3) is 0 Å². The van der Waals surface area contributed by atoms with Crippen molar-refractivity contribution in [3.8, 4) is 17.0 Å². The van der Waals surface area contributed by atoms with Crippen LogP contribution in [-0.2, 0) is 14.9 Å². The monoisotopic (exact) mass is 369 g/mol. The molecule has 1 aliphatic rings. The van der Waals surface area contributed by atoms with Gasteiger partial charge in [-0.05, 0) is 35.6 Å². The number of hydrogen-bond acceptors (Lipinski definition) is 6. The number of carbonyl (C=O) groups is 2. The summed E-state index contributed by atoms with van der Waals surface area (Å²) in [5.41, 5.74) is 3.14. The van der Waals surface area contributed by atoms with Gasteiger partial charge in [0.05, 0.1) is 12.8 Å². The van der Waals surface area contributed by atoms with E-state index >= 15 is 0 Å². The van der Waals surface area contributed by atoms with Crippen LogP contribution in [0, 0.1) is 0 Å². The Morgan fingerprint density at radius 1 is 1.19 bits per heavy atom. The first-order valence-electron chi connectivity index (χ1n) is 8.76. The number of fused-ring (bicyclic) bond motifs is 1. The van der Waals surface area contributed by atoms with Crippen molar-refractivity contribution < 1.29 is 23.8 Å². The smallest absolute Gasteiger partial charge is 0.360 e. The number of pyridine rings is 1. The highest BCUT2D eigenvalue weighted by Crippen LogP contribution is 2.38. The van der Waals surface area contributed by atoms with Crippen LogP contribution in [0.5, 0.6) is 5.75 Å². The van der Waals surface area contributed by atoms with Crippen LogP contribution in [0.4, 0.5) is 0 Å². The van der Waals surface area contributed by atoms with Gasteiger partial charge in [0.1, 0.15) is 0 Å². The molecule has 2 aromatic rings. The number of nitrogens with zero attached hydrogens (tertiary/aromatic N) is 1. The van der Waals surface area contributed by atoms with Gasteiger partial charge in [-0.2, -0.15) is 0 Å². The molecule has 0 N–H and O–H groups in total. The molecule has 6 heteroatoms. The Bertz CT molecular complexity index is 888. The summed E-state index contributed by atoms with van der Waals surface area (Å²) in [5.74, 6) is -0.180.